The topological polar surface area (TPSA) is 65.4 Å². The number of para-hydroxylation sites is 2. The van der Waals surface area contributed by atoms with Crippen LogP contribution in [0.5, 0.6) is 0 Å². The third kappa shape index (κ3) is 4.00. The highest BCUT2D eigenvalue weighted by molar-refractivity contribution is 5.85. The molecule has 0 bridgehead atoms. The largest absolute Gasteiger partial charge is 0.334 e. The van der Waals surface area contributed by atoms with E-state index in [9.17, 15) is 4.79 Å². The van der Waals surface area contributed by atoms with Gasteiger partial charge in [-0.05, 0) is 26.1 Å². The molecule has 2 heterocycles. The van der Waals surface area contributed by atoms with E-state index >= 15 is 0 Å². The van der Waals surface area contributed by atoms with Crippen molar-refractivity contribution in [1.82, 2.24) is 24.8 Å². The minimum atomic E-state index is -0.213. The van der Waals surface area contributed by atoms with Crippen LogP contribution in [-0.4, -0.2) is 71.3 Å². The number of hydrogen-bond donors (Lipinski definition) is 2. The molecular formula is C16H24N6O. The number of benzene rings is 1. The van der Waals surface area contributed by atoms with Gasteiger partial charge in [0.2, 0.25) is 0 Å². The zero-order chi connectivity index (χ0) is 16.2. The van der Waals surface area contributed by atoms with Gasteiger partial charge in [-0.15, -0.1) is 0 Å². The average Bonchev–Trinajstić information content (AvgIpc) is 2.93. The van der Waals surface area contributed by atoms with Crippen LogP contribution in [0.2, 0.25) is 0 Å². The first-order chi connectivity index (χ1) is 11.1. The molecular weight excluding hydrogens is 292 g/mol. The molecule has 1 aromatic carbocycles. The van der Waals surface area contributed by atoms with Gasteiger partial charge in [0.25, 0.3) is 0 Å². The molecule has 0 spiro atoms. The number of urea groups is 1. The molecule has 0 aliphatic carbocycles. The third-order valence-corrected chi connectivity index (χ3v) is 4.18. The molecule has 1 saturated heterocycles. The minimum absolute atomic E-state index is 0.0909. The first-order valence-corrected chi connectivity index (χ1v) is 8.02. The lowest BCUT2D eigenvalue weighted by atomic mass is 10.2. The lowest BCUT2D eigenvalue weighted by Gasteiger charge is -2.34. The van der Waals surface area contributed by atoms with Crippen LogP contribution in [0, 0.1) is 0 Å². The van der Waals surface area contributed by atoms with Crippen LogP contribution in [0.15, 0.2) is 30.6 Å². The number of amides is 2. The molecule has 124 valence electrons. The molecule has 2 N–H and O–H groups in total. The van der Waals surface area contributed by atoms with E-state index in [4.69, 9.17) is 0 Å². The Kier molecular flexibility index (Phi) is 4.78. The summed E-state index contributed by atoms with van der Waals surface area (Å²) in [6, 6.07) is 7.58. The normalized spacial score (nSPS) is 18.0. The molecule has 2 amide bonds. The minimum Gasteiger partial charge on any atom is -0.333 e. The Hall–Kier alpha value is -2.12. The number of imidazole rings is 1. The molecule has 23 heavy (non-hydrogen) atoms. The Bertz CT molecular complexity index is 661. The van der Waals surface area contributed by atoms with Crippen molar-refractivity contribution < 1.29 is 4.79 Å². The number of piperazine rings is 1. The lowest BCUT2D eigenvalue weighted by molar-refractivity contribution is 0.145. The number of nitrogens with one attached hydrogen (secondary N) is 2. The molecule has 0 radical (unpaired) electrons. The standard InChI is InChI=1S/C16H24N6O/c1-13(11-21-9-7-20(2)8-10-21)18-16(23)19-22-12-17-14-5-3-4-6-15(14)22/h3-6,12-13H,7-11H2,1-2H3,(H2,18,19,23)/t13-/m1/s1. The number of nitrogens with zero attached hydrogens (tertiary/aromatic N) is 4. The molecule has 1 aromatic heterocycles. The summed E-state index contributed by atoms with van der Waals surface area (Å²) in [6.45, 7) is 7.17. The van der Waals surface area contributed by atoms with Crippen molar-refractivity contribution >= 4 is 17.1 Å². The van der Waals surface area contributed by atoms with Gasteiger partial charge in [-0.25, -0.2) is 19.9 Å². The fourth-order valence-corrected chi connectivity index (χ4v) is 2.88. The predicted octanol–water partition coefficient (Wildman–Crippen LogP) is 0.925. The van der Waals surface area contributed by atoms with Crippen molar-refractivity contribution in [3.8, 4) is 0 Å². The van der Waals surface area contributed by atoms with E-state index in [2.05, 4.69) is 32.6 Å². The number of carbonyl (C=O) groups is 1. The summed E-state index contributed by atoms with van der Waals surface area (Å²) < 4.78 is 1.65. The predicted molar refractivity (Wildman–Crippen MR) is 91.0 cm³/mol. The summed E-state index contributed by atoms with van der Waals surface area (Å²) in [5.41, 5.74) is 4.56. The fourth-order valence-electron chi connectivity index (χ4n) is 2.88. The van der Waals surface area contributed by atoms with Crippen LogP contribution in [0.1, 0.15) is 6.92 Å². The highest BCUT2D eigenvalue weighted by atomic mass is 16.2. The molecule has 2 aromatic rings. The average molecular weight is 316 g/mol. The van der Waals surface area contributed by atoms with Gasteiger partial charge in [0.15, 0.2) is 0 Å². The Morgan fingerprint density at radius 1 is 1.26 bits per heavy atom. The molecule has 3 rings (SSSR count). The molecule has 7 heteroatoms. The second-order valence-corrected chi connectivity index (χ2v) is 6.19. The fraction of sp³-hybridized carbons (Fsp3) is 0.500. The van der Waals surface area contributed by atoms with Crippen molar-refractivity contribution in [1.29, 1.82) is 0 Å². The second-order valence-electron chi connectivity index (χ2n) is 6.19. The Labute approximate surface area is 136 Å². The molecule has 1 aliphatic rings. The van der Waals surface area contributed by atoms with Crippen LogP contribution < -0.4 is 10.7 Å². The van der Waals surface area contributed by atoms with Gasteiger partial charge in [0.1, 0.15) is 6.33 Å². The number of fused-ring (bicyclic) bond motifs is 1. The summed E-state index contributed by atoms with van der Waals surface area (Å²) >= 11 is 0. The molecule has 0 saturated carbocycles. The van der Waals surface area contributed by atoms with Crippen LogP contribution in [0.25, 0.3) is 11.0 Å². The van der Waals surface area contributed by atoms with Gasteiger partial charge in [0, 0.05) is 38.8 Å². The maximum absolute atomic E-state index is 12.2. The Morgan fingerprint density at radius 2 is 2.00 bits per heavy atom. The van der Waals surface area contributed by atoms with E-state index in [-0.39, 0.29) is 12.1 Å². The van der Waals surface area contributed by atoms with Crippen LogP contribution in [0.4, 0.5) is 4.79 Å². The van der Waals surface area contributed by atoms with Gasteiger partial charge in [-0.3, -0.25) is 4.90 Å². The van der Waals surface area contributed by atoms with E-state index < -0.39 is 0 Å². The molecule has 1 aliphatic heterocycles. The SMILES string of the molecule is C[C@H](CN1CCN(C)CC1)NC(=O)Nn1cnc2ccccc21. The molecule has 1 fully saturated rings. The van der Waals surface area contributed by atoms with Crippen molar-refractivity contribution in [3.63, 3.8) is 0 Å². The summed E-state index contributed by atoms with van der Waals surface area (Å²) in [6.07, 6.45) is 1.62. The zero-order valence-electron chi connectivity index (χ0n) is 13.7. The zero-order valence-corrected chi connectivity index (χ0v) is 13.7. The third-order valence-electron chi connectivity index (χ3n) is 4.18. The highest BCUT2D eigenvalue weighted by Gasteiger charge is 2.17. The Balaban J connectivity index is 1.50. The van der Waals surface area contributed by atoms with Gasteiger partial charge < -0.3 is 10.2 Å². The quantitative estimate of drug-likeness (QED) is 0.880. The number of aromatic nitrogens is 2. The van der Waals surface area contributed by atoms with Gasteiger partial charge in [-0.1, -0.05) is 12.1 Å². The van der Waals surface area contributed by atoms with Gasteiger partial charge in [-0.2, -0.15) is 0 Å². The second kappa shape index (κ2) is 6.97. The van der Waals surface area contributed by atoms with E-state index in [1.54, 1.807) is 11.0 Å². The van der Waals surface area contributed by atoms with Gasteiger partial charge in [0.05, 0.1) is 11.0 Å². The monoisotopic (exact) mass is 316 g/mol. The van der Waals surface area contributed by atoms with E-state index in [1.807, 2.05) is 31.2 Å². The molecule has 1 atom stereocenters. The van der Waals surface area contributed by atoms with Crippen molar-refractivity contribution in [2.75, 3.05) is 45.2 Å². The maximum Gasteiger partial charge on any atom is 0.334 e. The van der Waals surface area contributed by atoms with E-state index in [0.29, 0.717) is 0 Å². The number of carbonyl (C=O) groups excluding carboxylic acids is 1. The van der Waals surface area contributed by atoms with Crippen LogP contribution in [0.3, 0.4) is 0 Å². The Morgan fingerprint density at radius 3 is 2.78 bits per heavy atom. The summed E-state index contributed by atoms with van der Waals surface area (Å²) in [5.74, 6) is 0. The number of hydrogen-bond acceptors (Lipinski definition) is 4. The van der Waals surface area contributed by atoms with Crippen molar-refractivity contribution in [3.05, 3.63) is 30.6 Å². The number of rotatable bonds is 4. The first-order valence-electron chi connectivity index (χ1n) is 8.02. The number of likely N-dealkylation sites (N-methyl/N-ethyl adjacent to an activating group) is 1. The van der Waals surface area contributed by atoms with Crippen molar-refractivity contribution in [2.24, 2.45) is 0 Å². The first kappa shape index (κ1) is 15.8. The van der Waals surface area contributed by atoms with Crippen LogP contribution >= 0.6 is 0 Å². The summed E-state index contributed by atoms with van der Waals surface area (Å²) in [7, 11) is 2.14. The molecule has 0 unspecified atom stereocenters. The van der Waals surface area contributed by atoms with Gasteiger partial charge >= 0.3 is 6.03 Å². The smallest absolute Gasteiger partial charge is 0.333 e. The van der Waals surface area contributed by atoms with Crippen LogP contribution in [-0.2, 0) is 0 Å². The van der Waals surface area contributed by atoms with Crippen molar-refractivity contribution in [2.45, 2.75) is 13.0 Å². The highest BCUT2D eigenvalue weighted by Crippen LogP contribution is 2.09. The maximum atomic E-state index is 12.2. The summed E-state index contributed by atoms with van der Waals surface area (Å²) in [4.78, 5) is 21.1. The molecule has 7 nitrogen and oxygen atoms in total. The lowest BCUT2D eigenvalue weighted by Crippen LogP contribution is -2.50. The summed E-state index contributed by atoms with van der Waals surface area (Å²) in [5, 5.41) is 2.99. The van der Waals surface area contributed by atoms with E-state index in [1.165, 1.54) is 0 Å². The van der Waals surface area contributed by atoms with E-state index in [0.717, 1.165) is 43.8 Å².